The number of benzene rings is 1. The summed E-state index contributed by atoms with van der Waals surface area (Å²) in [7, 11) is -2.61. The molecule has 0 amide bonds. The number of halogens is 1. The minimum Gasteiger partial charge on any atom is -0.350 e. The van der Waals surface area contributed by atoms with E-state index in [1.54, 1.807) is 12.1 Å². The second kappa shape index (κ2) is 8.97. The van der Waals surface area contributed by atoms with Crippen LogP contribution in [0.1, 0.15) is 29.4 Å². The van der Waals surface area contributed by atoms with Crippen molar-refractivity contribution in [1.29, 1.82) is 0 Å². The summed E-state index contributed by atoms with van der Waals surface area (Å²) in [5, 5.41) is 3.87. The van der Waals surface area contributed by atoms with Crippen molar-refractivity contribution in [2.24, 2.45) is 5.73 Å². The summed E-state index contributed by atoms with van der Waals surface area (Å²) in [4.78, 5) is 34.4. The summed E-state index contributed by atoms with van der Waals surface area (Å²) in [5.74, 6) is -1.61. The first kappa shape index (κ1) is 22.0. The molecule has 2 atom stereocenters. The maximum absolute atomic E-state index is 14.1. The molecule has 1 saturated heterocycles. The molecule has 0 spiro atoms. The van der Waals surface area contributed by atoms with E-state index in [4.69, 9.17) is 25.0 Å². The molecule has 1 aliphatic rings. The molecular weight excluding hydrogens is 404 g/mol. The molecule has 2 heterocycles. The van der Waals surface area contributed by atoms with Gasteiger partial charge in [0.1, 0.15) is 5.82 Å². The van der Waals surface area contributed by atoms with Crippen LogP contribution < -0.4 is 11.4 Å². The summed E-state index contributed by atoms with van der Waals surface area (Å²) >= 11 is 0. The van der Waals surface area contributed by atoms with Crippen LogP contribution in [0.2, 0.25) is 0 Å². The molecule has 1 fully saturated rings. The summed E-state index contributed by atoms with van der Waals surface area (Å²) in [6.07, 6.45) is -0.510. The average molecular weight is 429 g/mol. The monoisotopic (exact) mass is 429 g/mol. The maximum atomic E-state index is 14.1. The SMILES string of the molecule is Cc1cc(CO[C@@H]2CN(Cc3nn(P(O)O)c(=O)[nH]3)CCO2)cc(C(C)(N)F)c1. The Morgan fingerprint density at radius 3 is 2.90 bits per heavy atom. The molecule has 1 unspecified atom stereocenters. The number of nitrogens with one attached hydrogen (secondary N) is 1. The number of alkyl halides is 1. The predicted molar refractivity (Wildman–Crippen MR) is 103 cm³/mol. The summed E-state index contributed by atoms with van der Waals surface area (Å²) in [6, 6.07) is 5.27. The van der Waals surface area contributed by atoms with Crippen LogP contribution >= 0.6 is 8.53 Å². The highest BCUT2D eigenvalue weighted by molar-refractivity contribution is 7.43. The normalized spacial score (nSPS) is 20.2. The lowest BCUT2D eigenvalue weighted by Gasteiger charge is -2.32. The van der Waals surface area contributed by atoms with E-state index >= 15 is 0 Å². The van der Waals surface area contributed by atoms with Crippen molar-refractivity contribution in [2.75, 3.05) is 19.7 Å². The Morgan fingerprint density at radius 1 is 1.48 bits per heavy atom. The quantitative estimate of drug-likeness (QED) is 0.367. The Morgan fingerprint density at radius 2 is 2.24 bits per heavy atom. The van der Waals surface area contributed by atoms with Crippen LogP contribution in [-0.2, 0) is 28.4 Å². The van der Waals surface area contributed by atoms with Gasteiger partial charge in [0.25, 0.3) is 0 Å². The van der Waals surface area contributed by atoms with Crippen molar-refractivity contribution in [3.63, 3.8) is 0 Å². The third-order valence-corrected chi connectivity index (χ3v) is 5.06. The zero-order valence-electron chi connectivity index (χ0n) is 16.2. The lowest BCUT2D eigenvalue weighted by Crippen LogP contribution is -2.43. The number of aromatic nitrogens is 3. The molecule has 160 valence electrons. The van der Waals surface area contributed by atoms with Gasteiger partial charge in [0.05, 0.1) is 26.3 Å². The second-order valence-electron chi connectivity index (χ2n) is 7.16. The highest BCUT2D eigenvalue weighted by atomic mass is 31.2. The van der Waals surface area contributed by atoms with E-state index in [0.29, 0.717) is 42.1 Å². The third-order valence-electron chi connectivity index (χ3n) is 4.45. The van der Waals surface area contributed by atoms with Gasteiger partial charge in [-0.3, -0.25) is 15.6 Å². The van der Waals surface area contributed by atoms with Crippen LogP contribution in [0.4, 0.5) is 4.39 Å². The Kier molecular flexibility index (Phi) is 6.79. The van der Waals surface area contributed by atoms with Gasteiger partial charge in [-0.05, 0) is 25.5 Å². The van der Waals surface area contributed by atoms with E-state index in [9.17, 15) is 9.18 Å². The van der Waals surface area contributed by atoms with E-state index in [0.717, 1.165) is 11.1 Å². The van der Waals surface area contributed by atoms with Crippen LogP contribution in [0.5, 0.6) is 0 Å². The highest BCUT2D eigenvalue weighted by Gasteiger charge is 2.24. The Bertz CT molecular complexity index is 897. The van der Waals surface area contributed by atoms with Gasteiger partial charge >= 0.3 is 14.2 Å². The number of aromatic amines is 1. The van der Waals surface area contributed by atoms with Crippen LogP contribution in [0.25, 0.3) is 0 Å². The number of ether oxygens (including phenoxy) is 2. The van der Waals surface area contributed by atoms with Crippen molar-refractivity contribution >= 4 is 8.53 Å². The molecule has 2 aromatic rings. The first-order valence-electron chi connectivity index (χ1n) is 9.02. The first-order chi connectivity index (χ1) is 13.6. The van der Waals surface area contributed by atoms with Gasteiger partial charge in [0.2, 0.25) is 0 Å². The van der Waals surface area contributed by atoms with Crippen LogP contribution in [-0.4, -0.2) is 55.2 Å². The van der Waals surface area contributed by atoms with Gasteiger partial charge in [0, 0.05) is 12.1 Å². The van der Waals surface area contributed by atoms with E-state index < -0.39 is 26.3 Å². The topological polar surface area (TPSA) is 139 Å². The lowest BCUT2D eigenvalue weighted by molar-refractivity contribution is -0.186. The first-order valence-corrected chi connectivity index (χ1v) is 10.2. The highest BCUT2D eigenvalue weighted by Crippen LogP contribution is 2.23. The molecule has 0 bridgehead atoms. The van der Waals surface area contributed by atoms with E-state index in [1.165, 1.54) is 6.92 Å². The standard InChI is InChI=1S/C17H25FN5O5P/c1-11-5-12(7-13(6-11)17(2,18)19)10-28-15-9-22(3-4-27-15)8-14-20-16(24)23(21-14)29(25)26/h5-7,15,25-26H,3-4,8-10,19H2,1-2H3,(H,20,21,24)/t15-,17?/m1/s1. The molecule has 5 N–H and O–H groups in total. The van der Waals surface area contributed by atoms with Gasteiger partial charge in [0.15, 0.2) is 12.1 Å². The Labute approximate surface area is 168 Å². The van der Waals surface area contributed by atoms with Gasteiger partial charge in [-0.2, -0.15) is 0 Å². The fourth-order valence-corrected chi connectivity index (χ4v) is 3.49. The number of hydrogen-bond donors (Lipinski definition) is 4. The fraction of sp³-hybridized carbons (Fsp3) is 0.529. The molecular formula is C17H25FN5O5P. The van der Waals surface area contributed by atoms with Crippen molar-refractivity contribution < 1.29 is 23.7 Å². The largest absolute Gasteiger partial charge is 0.350 e. The maximum Gasteiger partial charge on any atom is 0.350 e. The van der Waals surface area contributed by atoms with Crippen molar-refractivity contribution in [3.05, 3.63) is 51.2 Å². The molecule has 0 radical (unpaired) electrons. The Balaban J connectivity index is 1.58. The van der Waals surface area contributed by atoms with E-state index in [-0.39, 0.29) is 6.61 Å². The predicted octanol–water partition coefficient (Wildman–Crippen LogP) is 0.415. The number of nitrogens with zero attached hydrogens (tertiary/aromatic N) is 3. The van der Waals surface area contributed by atoms with Crippen molar-refractivity contribution in [3.8, 4) is 0 Å². The van der Waals surface area contributed by atoms with Crippen LogP contribution in [0.3, 0.4) is 0 Å². The average Bonchev–Trinajstić information content (AvgIpc) is 2.99. The minimum atomic E-state index is -2.61. The van der Waals surface area contributed by atoms with E-state index in [1.807, 2.05) is 17.9 Å². The molecule has 29 heavy (non-hydrogen) atoms. The molecule has 12 heteroatoms. The molecule has 3 rings (SSSR count). The van der Waals surface area contributed by atoms with Gasteiger partial charge in [-0.25, -0.2) is 9.18 Å². The molecule has 1 aromatic carbocycles. The summed E-state index contributed by atoms with van der Waals surface area (Å²) in [6.45, 7) is 5.15. The van der Waals surface area contributed by atoms with Crippen LogP contribution in [0.15, 0.2) is 23.0 Å². The van der Waals surface area contributed by atoms with Gasteiger partial charge in [-0.1, -0.05) is 17.7 Å². The second-order valence-corrected chi connectivity index (χ2v) is 8.08. The minimum absolute atomic E-state index is 0.230. The molecule has 0 aliphatic carbocycles. The summed E-state index contributed by atoms with van der Waals surface area (Å²) in [5.41, 5.74) is 6.94. The lowest BCUT2D eigenvalue weighted by atomic mass is 10.0. The molecule has 0 saturated carbocycles. The molecule has 1 aromatic heterocycles. The van der Waals surface area contributed by atoms with Gasteiger partial charge < -0.3 is 19.3 Å². The van der Waals surface area contributed by atoms with Crippen molar-refractivity contribution in [1.82, 2.24) is 19.4 Å². The molecule has 10 nitrogen and oxygen atoms in total. The molecule has 1 aliphatic heterocycles. The van der Waals surface area contributed by atoms with Crippen molar-refractivity contribution in [2.45, 2.75) is 39.1 Å². The van der Waals surface area contributed by atoms with E-state index in [2.05, 4.69) is 10.1 Å². The number of H-pyrrole nitrogens is 1. The number of rotatable bonds is 7. The zero-order valence-corrected chi connectivity index (χ0v) is 17.1. The zero-order chi connectivity index (χ0) is 21.2. The third kappa shape index (κ3) is 5.89. The number of morpholine rings is 1. The number of nitrogens with two attached hydrogens (primary N) is 1. The Hall–Kier alpha value is -1.72. The number of hydrogen-bond acceptors (Lipinski definition) is 8. The smallest absolute Gasteiger partial charge is 0.350 e. The van der Waals surface area contributed by atoms with Crippen LogP contribution in [0, 0.1) is 6.92 Å². The summed E-state index contributed by atoms with van der Waals surface area (Å²) < 4.78 is 26.1. The fourth-order valence-electron chi connectivity index (χ4n) is 3.09. The van der Waals surface area contributed by atoms with Gasteiger partial charge in [-0.15, -0.1) is 9.55 Å². The number of aryl methyl sites for hydroxylation is 1.